The molecule has 0 fully saturated rings. The van der Waals surface area contributed by atoms with Gasteiger partial charge in [-0.05, 0) is 30.7 Å². The molecule has 0 N–H and O–H groups in total. The summed E-state index contributed by atoms with van der Waals surface area (Å²) in [7, 11) is 2.93. The van der Waals surface area contributed by atoms with Gasteiger partial charge < -0.3 is 18.9 Å². The minimum absolute atomic E-state index is 0.174. The van der Waals surface area contributed by atoms with E-state index in [0.717, 1.165) is 0 Å². The van der Waals surface area contributed by atoms with E-state index in [2.05, 4.69) is 0 Å². The Morgan fingerprint density at radius 3 is 2.57 bits per heavy atom. The molecule has 1 aliphatic rings. The largest absolute Gasteiger partial charge is 0.497 e. The van der Waals surface area contributed by atoms with Crippen LogP contribution in [0.25, 0.3) is 0 Å². The van der Waals surface area contributed by atoms with E-state index in [4.69, 9.17) is 18.9 Å². The number of benzene rings is 2. The fraction of sp³-hybridized carbons (Fsp3) is 0.286. The molecule has 0 amide bonds. The molecular weight excluding hydrogens is 364 g/mol. The van der Waals surface area contributed by atoms with E-state index >= 15 is 0 Å². The third kappa shape index (κ3) is 3.69. The van der Waals surface area contributed by atoms with Crippen molar-refractivity contribution >= 4 is 17.7 Å². The number of methoxy groups -OCH3 is 2. The number of ether oxygens (including phenoxy) is 4. The van der Waals surface area contributed by atoms with Crippen LogP contribution in [0.1, 0.15) is 33.2 Å². The van der Waals surface area contributed by atoms with Gasteiger partial charge >= 0.3 is 11.9 Å². The lowest BCUT2D eigenvalue weighted by atomic mass is 9.90. The molecule has 0 spiro atoms. The highest BCUT2D eigenvalue weighted by atomic mass is 16.6. The number of hydrogen-bond donors (Lipinski definition) is 0. The van der Waals surface area contributed by atoms with Crippen molar-refractivity contribution in [3.8, 4) is 11.5 Å². The Morgan fingerprint density at radius 2 is 1.86 bits per heavy atom. The highest BCUT2D eigenvalue weighted by Crippen LogP contribution is 2.29. The molecule has 28 heavy (non-hydrogen) atoms. The van der Waals surface area contributed by atoms with Gasteiger partial charge in [-0.25, -0.2) is 9.59 Å². The number of carbonyl (C=O) groups excluding carboxylic acids is 3. The van der Waals surface area contributed by atoms with E-state index in [-0.39, 0.29) is 12.0 Å². The third-order valence-electron chi connectivity index (χ3n) is 4.56. The van der Waals surface area contributed by atoms with Crippen LogP contribution >= 0.6 is 0 Å². The molecule has 0 saturated heterocycles. The predicted molar refractivity (Wildman–Crippen MR) is 98.8 cm³/mol. The van der Waals surface area contributed by atoms with Crippen molar-refractivity contribution < 1.29 is 33.3 Å². The van der Waals surface area contributed by atoms with E-state index < -0.39 is 29.9 Å². The summed E-state index contributed by atoms with van der Waals surface area (Å²) in [5, 5.41) is 0. The molecule has 0 aromatic heterocycles. The zero-order valence-electron chi connectivity index (χ0n) is 15.8. The Bertz CT molecular complexity index is 934. The standard InChI is InChI=1S/C21H20O7/c1-21(11-13-6-4-5-7-15(13)19(23)28-21)20(24)27-12-17(22)16-9-8-14(25-2)10-18(16)26-3/h4-10H,11-12H2,1-3H3. The summed E-state index contributed by atoms with van der Waals surface area (Å²) >= 11 is 0. The average molecular weight is 384 g/mol. The monoisotopic (exact) mass is 384 g/mol. The summed E-state index contributed by atoms with van der Waals surface area (Å²) < 4.78 is 20.8. The van der Waals surface area contributed by atoms with Gasteiger partial charge in [-0.3, -0.25) is 4.79 Å². The van der Waals surface area contributed by atoms with Crippen LogP contribution in [0.4, 0.5) is 0 Å². The summed E-state index contributed by atoms with van der Waals surface area (Å²) in [5.74, 6) is -0.977. The molecule has 3 rings (SSSR count). The molecule has 7 heteroatoms. The average Bonchev–Trinajstić information content (AvgIpc) is 2.71. The number of esters is 2. The van der Waals surface area contributed by atoms with Crippen LogP contribution in [0.3, 0.4) is 0 Å². The van der Waals surface area contributed by atoms with Gasteiger partial charge in [-0.1, -0.05) is 18.2 Å². The lowest BCUT2D eigenvalue weighted by molar-refractivity contribution is -0.163. The molecule has 2 aromatic carbocycles. The first-order valence-corrected chi connectivity index (χ1v) is 8.61. The Morgan fingerprint density at radius 1 is 1.11 bits per heavy atom. The molecule has 1 heterocycles. The zero-order chi connectivity index (χ0) is 20.3. The molecular formula is C21H20O7. The minimum Gasteiger partial charge on any atom is -0.497 e. The van der Waals surface area contributed by atoms with Crippen LogP contribution in [-0.2, 0) is 20.7 Å². The summed E-state index contributed by atoms with van der Waals surface area (Å²) in [5.41, 5.74) is -0.115. The molecule has 7 nitrogen and oxygen atoms in total. The SMILES string of the molecule is COc1ccc(C(=O)COC(=O)C2(C)Cc3ccccc3C(=O)O2)c(OC)c1. The molecule has 1 atom stereocenters. The Kier molecular flexibility index (Phi) is 5.35. The first-order valence-electron chi connectivity index (χ1n) is 8.61. The number of carbonyl (C=O) groups is 3. The van der Waals surface area contributed by atoms with Crippen molar-refractivity contribution in [2.24, 2.45) is 0 Å². The number of cyclic esters (lactones) is 1. The number of fused-ring (bicyclic) bond motifs is 1. The van der Waals surface area contributed by atoms with E-state index in [1.807, 2.05) is 0 Å². The summed E-state index contributed by atoms with van der Waals surface area (Å²) in [6, 6.07) is 11.6. The molecule has 1 aliphatic heterocycles. The van der Waals surface area contributed by atoms with Crippen molar-refractivity contribution in [1.82, 2.24) is 0 Å². The van der Waals surface area contributed by atoms with Gasteiger partial charge in [-0.2, -0.15) is 0 Å². The predicted octanol–water partition coefficient (Wildman–Crippen LogP) is 2.60. The molecule has 0 bridgehead atoms. The summed E-state index contributed by atoms with van der Waals surface area (Å²) in [6.45, 7) is 0.970. The highest BCUT2D eigenvalue weighted by molar-refractivity contribution is 6.01. The van der Waals surface area contributed by atoms with Gasteiger partial charge in [0, 0.05) is 12.5 Å². The molecule has 0 aliphatic carbocycles. The molecule has 0 radical (unpaired) electrons. The van der Waals surface area contributed by atoms with Crippen molar-refractivity contribution in [3.05, 3.63) is 59.2 Å². The van der Waals surface area contributed by atoms with Crippen LogP contribution in [-0.4, -0.2) is 44.1 Å². The maximum absolute atomic E-state index is 12.6. The van der Waals surface area contributed by atoms with Crippen LogP contribution in [0, 0.1) is 0 Å². The Hall–Kier alpha value is -3.35. The van der Waals surface area contributed by atoms with Crippen LogP contribution in [0.15, 0.2) is 42.5 Å². The smallest absolute Gasteiger partial charge is 0.351 e. The van der Waals surface area contributed by atoms with Crippen molar-refractivity contribution in [2.45, 2.75) is 18.9 Å². The van der Waals surface area contributed by atoms with Gasteiger partial charge in [0.2, 0.25) is 11.4 Å². The first-order chi connectivity index (χ1) is 13.4. The van der Waals surface area contributed by atoms with Gasteiger partial charge in [-0.15, -0.1) is 0 Å². The second kappa shape index (κ2) is 7.72. The fourth-order valence-electron chi connectivity index (χ4n) is 3.04. The zero-order valence-corrected chi connectivity index (χ0v) is 15.8. The van der Waals surface area contributed by atoms with E-state index in [9.17, 15) is 14.4 Å². The Labute approximate surface area is 162 Å². The van der Waals surface area contributed by atoms with E-state index in [1.54, 1.807) is 36.4 Å². The fourth-order valence-corrected chi connectivity index (χ4v) is 3.04. The third-order valence-corrected chi connectivity index (χ3v) is 4.56. The summed E-state index contributed by atoms with van der Waals surface area (Å²) in [6.07, 6.45) is 0.174. The molecule has 1 unspecified atom stereocenters. The maximum atomic E-state index is 12.6. The van der Waals surface area contributed by atoms with Crippen molar-refractivity contribution in [2.75, 3.05) is 20.8 Å². The second-order valence-electron chi connectivity index (χ2n) is 6.52. The van der Waals surface area contributed by atoms with Gasteiger partial charge in [0.25, 0.3) is 0 Å². The normalized spacial score (nSPS) is 17.9. The number of rotatable bonds is 6. The van der Waals surface area contributed by atoms with Crippen LogP contribution in [0.2, 0.25) is 0 Å². The van der Waals surface area contributed by atoms with Crippen LogP contribution in [0.5, 0.6) is 11.5 Å². The topological polar surface area (TPSA) is 88.1 Å². The van der Waals surface area contributed by atoms with Crippen molar-refractivity contribution in [3.63, 3.8) is 0 Å². The first kappa shape index (κ1) is 19.4. The molecule has 146 valence electrons. The van der Waals surface area contributed by atoms with E-state index in [0.29, 0.717) is 22.6 Å². The summed E-state index contributed by atoms with van der Waals surface area (Å²) in [4.78, 5) is 37.2. The molecule has 0 saturated carbocycles. The van der Waals surface area contributed by atoms with Gasteiger partial charge in [0.05, 0.1) is 25.3 Å². The van der Waals surface area contributed by atoms with Crippen molar-refractivity contribution in [1.29, 1.82) is 0 Å². The maximum Gasteiger partial charge on any atom is 0.351 e. The van der Waals surface area contributed by atoms with Crippen LogP contribution < -0.4 is 9.47 Å². The number of ketones is 1. The quantitative estimate of drug-likeness (QED) is 0.559. The van der Waals surface area contributed by atoms with E-state index in [1.165, 1.54) is 27.2 Å². The van der Waals surface area contributed by atoms with Gasteiger partial charge in [0.1, 0.15) is 11.5 Å². The lowest BCUT2D eigenvalue weighted by Crippen LogP contribution is -2.47. The van der Waals surface area contributed by atoms with Gasteiger partial charge in [0.15, 0.2) is 6.61 Å². The Balaban J connectivity index is 1.70. The lowest BCUT2D eigenvalue weighted by Gasteiger charge is -2.32. The second-order valence-corrected chi connectivity index (χ2v) is 6.52. The highest BCUT2D eigenvalue weighted by Gasteiger charge is 2.44. The number of hydrogen-bond acceptors (Lipinski definition) is 7. The minimum atomic E-state index is -1.49. The number of Topliss-reactive ketones (excluding diaryl/α,β-unsaturated/α-hetero) is 1. The molecule has 2 aromatic rings.